The zero-order valence-electron chi connectivity index (χ0n) is 6.55. The van der Waals surface area contributed by atoms with Crippen LogP contribution in [0.15, 0.2) is 12.1 Å². The number of carbonyl (C=O) groups is 1. The van der Waals surface area contributed by atoms with E-state index in [2.05, 4.69) is 0 Å². The van der Waals surface area contributed by atoms with Gasteiger partial charge >= 0.3 is 5.97 Å². The van der Waals surface area contributed by atoms with Crippen LogP contribution in [0.5, 0.6) is 0 Å². The van der Waals surface area contributed by atoms with Crippen molar-refractivity contribution in [2.45, 2.75) is 6.42 Å². The lowest BCUT2D eigenvalue weighted by atomic mass is 10.1. The summed E-state index contributed by atoms with van der Waals surface area (Å²) in [5.74, 6) is -0.978. The van der Waals surface area contributed by atoms with Crippen molar-refractivity contribution >= 4 is 34.9 Å². The Bertz CT molecular complexity index is 329. The van der Waals surface area contributed by atoms with Gasteiger partial charge < -0.3 is 10.8 Å². The van der Waals surface area contributed by atoms with Crippen LogP contribution in [0.2, 0.25) is 10.0 Å². The number of carboxylic acid groups (broad SMARTS) is 1. The van der Waals surface area contributed by atoms with Crippen molar-refractivity contribution in [3.05, 3.63) is 27.7 Å². The third kappa shape index (κ3) is 2.50. The van der Waals surface area contributed by atoms with Crippen LogP contribution < -0.4 is 5.73 Å². The van der Waals surface area contributed by atoms with E-state index in [1.165, 1.54) is 12.1 Å². The number of rotatable bonds is 2. The first-order chi connectivity index (χ1) is 6.00. The van der Waals surface area contributed by atoms with Crippen LogP contribution in [0, 0.1) is 0 Å². The molecule has 0 aliphatic rings. The molecule has 0 aliphatic heterocycles. The normalized spacial score (nSPS) is 10.0. The number of benzene rings is 1. The minimum absolute atomic E-state index is 0.196. The maximum atomic E-state index is 10.4. The highest BCUT2D eigenvalue weighted by Gasteiger charge is 2.10. The molecule has 0 bridgehead atoms. The van der Waals surface area contributed by atoms with Gasteiger partial charge in [-0.1, -0.05) is 23.2 Å². The van der Waals surface area contributed by atoms with Crippen LogP contribution in [0.25, 0.3) is 0 Å². The van der Waals surface area contributed by atoms with E-state index in [-0.39, 0.29) is 16.5 Å². The number of carboxylic acids is 1. The van der Waals surface area contributed by atoms with E-state index in [1.54, 1.807) is 0 Å². The average molecular weight is 220 g/mol. The van der Waals surface area contributed by atoms with Gasteiger partial charge in [-0.2, -0.15) is 0 Å². The highest BCUT2D eigenvalue weighted by atomic mass is 35.5. The molecule has 1 aromatic carbocycles. The second-order valence-electron chi connectivity index (χ2n) is 2.53. The number of nitrogen functional groups attached to an aromatic ring is 1. The maximum absolute atomic E-state index is 10.4. The molecule has 0 unspecified atom stereocenters. The lowest BCUT2D eigenvalue weighted by Crippen LogP contribution is -2.02. The molecule has 0 aliphatic carbocycles. The molecule has 0 saturated carbocycles. The van der Waals surface area contributed by atoms with Crippen LogP contribution >= 0.6 is 23.2 Å². The Morgan fingerprint density at radius 2 is 1.85 bits per heavy atom. The number of halogens is 2. The second-order valence-corrected chi connectivity index (χ2v) is 3.35. The summed E-state index contributed by atoms with van der Waals surface area (Å²) in [6, 6.07) is 2.96. The van der Waals surface area contributed by atoms with Gasteiger partial charge in [0.2, 0.25) is 0 Å². The lowest BCUT2D eigenvalue weighted by molar-refractivity contribution is -0.136. The topological polar surface area (TPSA) is 63.3 Å². The van der Waals surface area contributed by atoms with Gasteiger partial charge in [0.1, 0.15) is 0 Å². The number of nitrogens with two attached hydrogens (primary N) is 1. The first kappa shape index (κ1) is 10.2. The fraction of sp³-hybridized carbons (Fsp3) is 0.125. The SMILES string of the molecule is Nc1cc(Cl)c(CC(=O)O)c(Cl)c1. The molecule has 0 spiro atoms. The van der Waals surface area contributed by atoms with Gasteiger partial charge in [-0.25, -0.2) is 0 Å². The predicted molar refractivity (Wildman–Crippen MR) is 52.2 cm³/mol. The number of aliphatic carboxylic acids is 1. The van der Waals surface area contributed by atoms with Gasteiger partial charge in [0.05, 0.1) is 6.42 Å². The summed E-state index contributed by atoms with van der Waals surface area (Å²) in [5, 5.41) is 9.11. The van der Waals surface area contributed by atoms with Crippen molar-refractivity contribution in [2.75, 3.05) is 5.73 Å². The molecule has 0 saturated heterocycles. The zero-order chi connectivity index (χ0) is 10.0. The van der Waals surface area contributed by atoms with Crippen molar-refractivity contribution in [1.82, 2.24) is 0 Å². The standard InChI is InChI=1S/C8H7Cl2NO2/c9-6-1-4(11)2-7(10)5(6)3-8(12)13/h1-2H,3,11H2,(H,12,13). The van der Waals surface area contributed by atoms with E-state index >= 15 is 0 Å². The van der Waals surface area contributed by atoms with E-state index in [0.717, 1.165) is 0 Å². The van der Waals surface area contributed by atoms with Gasteiger partial charge in [0.15, 0.2) is 0 Å². The van der Waals surface area contributed by atoms with Gasteiger partial charge in [-0.15, -0.1) is 0 Å². The summed E-state index contributed by atoms with van der Waals surface area (Å²) in [6.07, 6.45) is -0.196. The Labute approximate surface area is 85.1 Å². The first-order valence-electron chi connectivity index (χ1n) is 3.46. The van der Waals surface area contributed by atoms with Gasteiger partial charge in [-0.05, 0) is 12.1 Å². The summed E-state index contributed by atoms with van der Waals surface area (Å²) < 4.78 is 0. The molecule has 1 rings (SSSR count). The van der Waals surface area contributed by atoms with Gasteiger partial charge in [0, 0.05) is 21.3 Å². The number of hydrogen-bond acceptors (Lipinski definition) is 2. The highest BCUT2D eigenvalue weighted by Crippen LogP contribution is 2.28. The molecule has 13 heavy (non-hydrogen) atoms. The molecule has 0 fully saturated rings. The Hall–Kier alpha value is -0.930. The van der Waals surface area contributed by atoms with E-state index in [0.29, 0.717) is 11.3 Å². The van der Waals surface area contributed by atoms with E-state index in [9.17, 15) is 4.79 Å². The molecule has 0 atom stereocenters. The molecule has 0 radical (unpaired) electrons. The number of anilines is 1. The molecule has 1 aromatic rings. The van der Waals surface area contributed by atoms with Crippen LogP contribution in [0.3, 0.4) is 0 Å². The van der Waals surface area contributed by atoms with Crippen LogP contribution in [0.1, 0.15) is 5.56 Å². The molecule has 70 valence electrons. The van der Waals surface area contributed by atoms with Crippen LogP contribution in [0.4, 0.5) is 5.69 Å². The Kier molecular flexibility index (Phi) is 3.01. The van der Waals surface area contributed by atoms with Crippen molar-refractivity contribution in [1.29, 1.82) is 0 Å². The fourth-order valence-electron chi connectivity index (χ4n) is 0.943. The van der Waals surface area contributed by atoms with Crippen molar-refractivity contribution < 1.29 is 9.90 Å². The molecule has 0 amide bonds. The quantitative estimate of drug-likeness (QED) is 0.751. The summed E-state index contributed by atoms with van der Waals surface area (Å²) >= 11 is 11.5. The average Bonchev–Trinajstić information content (AvgIpc) is 1.96. The van der Waals surface area contributed by atoms with Crippen molar-refractivity contribution in [3.63, 3.8) is 0 Å². The van der Waals surface area contributed by atoms with Gasteiger partial charge in [0.25, 0.3) is 0 Å². The first-order valence-corrected chi connectivity index (χ1v) is 4.21. The summed E-state index contributed by atoms with van der Waals surface area (Å²) in [4.78, 5) is 10.4. The van der Waals surface area contributed by atoms with Gasteiger partial charge in [-0.3, -0.25) is 4.79 Å². The molecule has 0 aromatic heterocycles. The minimum atomic E-state index is -0.978. The maximum Gasteiger partial charge on any atom is 0.307 e. The smallest absolute Gasteiger partial charge is 0.307 e. The third-order valence-corrected chi connectivity index (χ3v) is 2.17. The largest absolute Gasteiger partial charge is 0.481 e. The summed E-state index contributed by atoms with van der Waals surface area (Å²) in [6.45, 7) is 0. The third-order valence-electron chi connectivity index (χ3n) is 1.49. The molecule has 3 nitrogen and oxygen atoms in total. The van der Waals surface area contributed by atoms with E-state index < -0.39 is 5.97 Å². The monoisotopic (exact) mass is 219 g/mol. The van der Waals surface area contributed by atoms with E-state index in [4.69, 9.17) is 34.0 Å². The second kappa shape index (κ2) is 3.85. The molecule has 5 heteroatoms. The Morgan fingerprint density at radius 1 is 1.38 bits per heavy atom. The van der Waals surface area contributed by atoms with E-state index in [1.807, 2.05) is 0 Å². The molecule has 0 heterocycles. The zero-order valence-corrected chi connectivity index (χ0v) is 8.06. The summed E-state index contributed by atoms with van der Waals surface area (Å²) in [7, 11) is 0. The van der Waals surface area contributed by atoms with Crippen LogP contribution in [-0.4, -0.2) is 11.1 Å². The number of hydrogen-bond donors (Lipinski definition) is 2. The highest BCUT2D eigenvalue weighted by molar-refractivity contribution is 6.36. The molecular weight excluding hydrogens is 213 g/mol. The molecule has 3 N–H and O–H groups in total. The fourth-order valence-corrected chi connectivity index (χ4v) is 1.58. The predicted octanol–water partition coefficient (Wildman–Crippen LogP) is 2.20. The van der Waals surface area contributed by atoms with Crippen LogP contribution in [-0.2, 0) is 11.2 Å². The lowest BCUT2D eigenvalue weighted by Gasteiger charge is -2.05. The minimum Gasteiger partial charge on any atom is -0.481 e. The Morgan fingerprint density at radius 3 is 2.23 bits per heavy atom. The summed E-state index contributed by atoms with van der Waals surface area (Å²) in [5.41, 5.74) is 6.26. The van der Waals surface area contributed by atoms with Crippen molar-refractivity contribution in [2.24, 2.45) is 0 Å². The van der Waals surface area contributed by atoms with Crippen molar-refractivity contribution in [3.8, 4) is 0 Å². The molecular formula is C8H7Cl2NO2. The Balaban J connectivity index is 3.13.